The maximum absolute atomic E-state index is 13.4. The van der Waals surface area contributed by atoms with Crippen molar-refractivity contribution in [2.45, 2.75) is 40.7 Å². The first kappa shape index (κ1) is 22.6. The summed E-state index contributed by atoms with van der Waals surface area (Å²) in [4.78, 5) is 38.1. The highest BCUT2D eigenvalue weighted by Gasteiger charge is 2.28. The Morgan fingerprint density at radius 1 is 1.03 bits per heavy atom. The van der Waals surface area contributed by atoms with Gasteiger partial charge in [-0.2, -0.15) is 0 Å². The summed E-state index contributed by atoms with van der Waals surface area (Å²) >= 11 is 1.00. The summed E-state index contributed by atoms with van der Waals surface area (Å²) in [5.74, 6) is -1.55. The molecule has 2 heterocycles. The second-order valence-electron chi connectivity index (χ2n) is 7.12. The van der Waals surface area contributed by atoms with Gasteiger partial charge in [0.1, 0.15) is 15.6 Å². The topological polar surface area (TPSA) is 86.6 Å². The molecule has 0 saturated heterocycles. The maximum atomic E-state index is 13.4. The first-order valence-electron chi connectivity index (χ1n) is 10.0. The zero-order valence-corrected chi connectivity index (χ0v) is 19.4. The molecule has 0 bridgehead atoms. The Labute approximate surface area is 185 Å². The number of amides is 1. The SMILES string of the molecule is CCc1ccc2c(c1)c(C)c(C(=O)Nc1sc(C(=O)OC)c(C)c1C(=O)OC)n2CC. The molecule has 0 aliphatic carbocycles. The quantitative estimate of drug-likeness (QED) is 0.558. The fourth-order valence-corrected chi connectivity index (χ4v) is 4.92. The number of rotatable bonds is 6. The number of nitrogens with zero attached hydrogens (tertiary/aromatic N) is 1. The summed E-state index contributed by atoms with van der Waals surface area (Å²) in [7, 11) is 2.53. The van der Waals surface area contributed by atoms with Crippen molar-refractivity contribution in [2.75, 3.05) is 19.5 Å². The van der Waals surface area contributed by atoms with Crippen LogP contribution in [-0.2, 0) is 22.4 Å². The molecule has 0 fully saturated rings. The van der Waals surface area contributed by atoms with Crippen molar-refractivity contribution in [1.29, 1.82) is 0 Å². The van der Waals surface area contributed by atoms with Gasteiger partial charge in [0.05, 0.1) is 19.8 Å². The molecule has 31 heavy (non-hydrogen) atoms. The Kier molecular flexibility index (Phi) is 6.50. The molecular weight excluding hydrogens is 416 g/mol. The molecule has 1 amide bonds. The van der Waals surface area contributed by atoms with Gasteiger partial charge in [-0.25, -0.2) is 9.59 Å². The van der Waals surface area contributed by atoms with E-state index in [4.69, 9.17) is 9.47 Å². The number of fused-ring (bicyclic) bond motifs is 1. The van der Waals surface area contributed by atoms with Crippen LogP contribution in [0.2, 0.25) is 0 Å². The molecule has 3 rings (SSSR count). The van der Waals surface area contributed by atoms with Gasteiger partial charge in [-0.3, -0.25) is 4.79 Å². The minimum Gasteiger partial charge on any atom is -0.465 e. The Morgan fingerprint density at radius 2 is 1.71 bits per heavy atom. The van der Waals surface area contributed by atoms with Crippen molar-refractivity contribution in [3.63, 3.8) is 0 Å². The molecule has 8 heteroatoms. The largest absolute Gasteiger partial charge is 0.465 e. The summed E-state index contributed by atoms with van der Waals surface area (Å²) in [6, 6.07) is 6.21. The van der Waals surface area contributed by atoms with Gasteiger partial charge in [-0.15, -0.1) is 11.3 Å². The number of esters is 2. The number of carbonyl (C=O) groups is 3. The highest BCUT2D eigenvalue weighted by atomic mass is 32.1. The molecule has 0 aliphatic rings. The second-order valence-corrected chi connectivity index (χ2v) is 8.14. The van der Waals surface area contributed by atoms with Gasteiger partial charge >= 0.3 is 11.9 Å². The number of ether oxygens (including phenoxy) is 2. The van der Waals surface area contributed by atoms with E-state index in [2.05, 4.69) is 24.4 Å². The Hall–Kier alpha value is -3.13. The average molecular weight is 443 g/mol. The number of aryl methyl sites for hydroxylation is 3. The monoisotopic (exact) mass is 442 g/mol. The summed E-state index contributed by atoms with van der Waals surface area (Å²) in [5, 5.41) is 4.12. The van der Waals surface area contributed by atoms with E-state index in [1.54, 1.807) is 6.92 Å². The van der Waals surface area contributed by atoms with Crippen LogP contribution in [0.5, 0.6) is 0 Å². The predicted molar refractivity (Wildman–Crippen MR) is 121 cm³/mol. The number of benzene rings is 1. The molecule has 3 aromatic rings. The van der Waals surface area contributed by atoms with Crippen LogP contribution in [0.4, 0.5) is 5.00 Å². The third-order valence-electron chi connectivity index (χ3n) is 5.45. The highest BCUT2D eigenvalue weighted by Crippen LogP contribution is 2.35. The summed E-state index contributed by atoms with van der Waals surface area (Å²) in [6.07, 6.45) is 0.904. The van der Waals surface area contributed by atoms with Crippen LogP contribution < -0.4 is 5.32 Å². The minimum absolute atomic E-state index is 0.159. The van der Waals surface area contributed by atoms with Crippen LogP contribution in [0.15, 0.2) is 18.2 Å². The minimum atomic E-state index is -0.625. The highest BCUT2D eigenvalue weighted by molar-refractivity contribution is 7.18. The van der Waals surface area contributed by atoms with Gasteiger partial charge in [-0.1, -0.05) is 13.0 Å². The number of thiophene rings is 1. The first-order chi connectivity index (χ1) is 14.8. The fraction of sp³-hybridized carbons (Fsp3) is 0.348. The van der Waals surface area contributed by atoms with Gasteiger partial charge in [0.25, 0.3) is 5.91 Å². The van der Waals surface area contributed by atoms with Crippen LogP contribution in [0.3, 0.4) is 0 Å². The molecule has 2 aromatic heterocycles. The van der Waals surface area contributed by atoms with Crippen LogP contribution in [0.25, 0.3) is 10.9 Å². The van der Waals surface area contributed by atoms with Crippen molar-refractivity contribution in [3.8, 4) is 0 Å². The molecular formula is C23H26N2O5S. The van der Waals surface area contributed by atoms with Crippen LogP contribution in [0.1, 0.15) is 61.1 Å². The molecule has 1 N–H and O–H groups in total. The number of nitrogens with one attached hydrogen (secondary N) is 1. The number of carbonyl (C=O) groups excluding carboxylic acids is 3. The molecule has 0 atom stereocenters. The van der Waals surface area contributed by atoms with Crippen molar-refractivity contribution < 1.29 is 23.9 Å². The number of anilines is 1. The second kappa shape index (κ2) is 8.93. The molecule has 0 unspecified atom stereocenters. The number of hydrogen-bond acceptors (Lipinski definition) is 6. The van der Waals surface area contributed by atoms with Crippen molar-refractivity contribution >= 4 is 45.1 Å². The van der Waals surface area contributed by atoms with E-state index in [0.717, 1.165) is 34.2 Å². The van der Waals surface area contributed by atoms with Crippen molar-refractivity contribution in [1.82, 2.24) is 4.57 Å². The Morgan fingerprint density at radius 3 is 2.29 bits per heavy atom. The number of aromatic nitrogens is 1. The van der Waals surface area contributed by atoms with Gasteiger partial charge in [0.2, 0.25) is 0 Å². The molecule has 164 valence electrons. The van der Waals surface area contributed by atoms with E-state index in [0.29, 0.717) is 17.8 Å². The van der Waals surface area contributed by atoms with E-state index in [9.17, 15) is 14.4 Å². The molecule has 7 nitrogen and oxygen atoms in total. The van der Waals surface area contributed by atoms with Gasteiger partial charge in [-0.05, 0) is 56.0 Å². The van der Waals surface area contributed by atoms with E-state index >= 15 is 0 Å². The first-order valence-corrected chi connectivity index (χ1v) is 10.8. The average Bonchev–Trinajstić information content (AvgIpc) is 3.25. The van der Waals surface area contributed by atoms with Gasteiger partial charge in [0.15, 0.2) is 0 Å². The van der Waals surface area contributed by atoms with E-state index < -0.39 is 11.9 Å². The Bertz CT molecular complexity index is 1190. The molecule has 0 saturated carbocycles. The summed E-state index contributed by atoms with van der Waals surface area (Å²) in [5.41, 5.74) is 4.14. The number of methoxy groups -OCH3 is 2. The van der Waals surface area contributed by atoms with Crippen molar-refractivity contribution in [2.24, 2.45) is 0 Å². The smallest absolute Gasteiger partial charge is 0.348 e. The lowest BCUT2D eigenvalue weighted by Crippen LogP contribution is -2.19. The fourth-order valence-electron chi connectivity index (χ4n) is 3.81. The van der Waals surface area contributed by atoms with E-state index in [-0.39, 0.29) is 21.3 Å². The predicted octanol–water partition coefficient (Wildman–Crippen LogP) is 4.73. The van der Waals surface area contributed by atoms with E-state index in [1.165, 1.54) is 19.8 Å². The van der Waals surface area contributed by atoms with Gasteiger partial charge < -0.3 is 19.4 Å². The Balaban J connectivity index is 2.12. The lowest BCUT2D eigenvalue weighted by atomic mass is 10.1. The summed E-state index contributed by atoms with van der Waals surface area (Å²) in [6.45, 7) is 8.23. The lowest BCUT2D eigenvalue weighted by Gasteiger charge is -2.10. The van der Waals surface area contributed by atoms with E-state index in [1.807, 2.05) is 24.5 Å². The standard InChI is InChI=1S/C23H26N2O5S/c1-7-14-9-10-16-15(11-14)12(3)18(25(16)8-2)20(26)24-21-17(22(27)29-5)13(4)19(31-21)23(28)30-6/h9-11H,7-8H2,1-6H3,(H,24,26). The summed E-state index contributed by atoms with van der Waals surface area (Å²) < 4.78 is 11.6. The van der Waals surface area contributed by atoms with Crippen molar-refractivity contribution in [3.05, 3.63) is 51.0 Å². The third kappa shape index (κ3) is 3.83. The van der Waals surface area contributed by atoms with Crippen LogP contribution in [-0.4, -0.2) is 36.6 Å². The molecule has 0 aliphatic heterocycles. The zero-order chi connectivity index (χ0) is 22.9. The number of hydrogen-bond donors (Lipinski definition) is 1. The molecule has 1 aromatic carbocycles. The molecule has 0 spiro atoms. The zero-order valence-electron chi connectivity index (χ0n) is 18.5. The maximum Gasteiger partial charge on any atom is 0.348 e. The van der Waals surface area contributed by atoms with Crippen LogP contribution >= 0.6 is 11.3 Å². The molecule has 0 radical (unpaired) electrons. The lowest BCUT2D eigenvalue weighted by molar-refractivity contribution is 0.0601. The third-order valence-corrected chi connectivity index (χ3v) is 6.64. The normalized spacial score (nSPS) is 10.9. The van der Waals surface area contributed by atoms with Crippen LogP contribution in [0, 0.1) is 13.8 Å². The van der Waals surface area contributed by atoms with Gasteiger partial charge in [0, 0.05) is 17.4 Å².